The van der Waals surface area contributed by atoms with Crippen LogP contribution in [0.25, 0.3) is 0 Å². The van der Waals surface area contributed by atoms with Gasteiger partial charge in [-0.05, 0) is 11.5 Å². The Balaban J connectivity index is 2.76. The minimum Gasteiger partial charge on any atom is -0.328 e. The third-order valence-electron chi connectivity index (χ3n) is 2.71. The van der Waals surface area contributed by atoms with Crippen molar-refractivity contribution in [2.75, 3.05) is 6.54 Å². The highest BCUT2D eigenvalue weighted by Crippen LogP contribution is 2.25. The Bertz CT molecular complexity index is 271. The number of alkyl halides is 1. The molecule has 0 radical (unpaired) electrons. The fraction of sp³-hybridized carbons (Fsp3) is 0.500. The maximum Gasteiger partial charge on any atom is 0.129 e. The number of rotatable bonds is 4. The van der Waals surface area contributed by atoms with E-state index >= 15 is 0 Å². The van der Waals surface area contributed by atoms with Gasteiger partial charge < -0.3 is 5.73 Å². The van der Waals surface area contributed by atoms with Gasteiger partial charge in [-0.1, -0.05) is 44.2 Å². The van der Waals surface area contributed by atoms with Crippen LogP contribution in [-0.2, 0) is 6.42 Å². The Kier molecular flexibility index (Phi) is 3.64. The second-order valence-electron chi connectivity index (χ2n) is 4.06. The molecule has 14 heavy (non-hydrogen) atoms. The third-order valence-corrected chi connectivity index (χ3v) is 2.71. The number of halogens is 1. The normalized spacial score (nSPS) is 15.5. The fourth-order valence-electron chi connectivity index (χ4n) is 1.45. The lowest BCUT2D eigenvalue weighted by Gasteiger charge is -2.27. The molecule has 0 heterocycles. The van der Waals surface area contributed by atoms with E-state index < -0.39 is 5.67 Å². The van der Waals surface area contributed by atoms with Crippen LogP contribution in [0.1, 0.15) is 19.4 Å². The Labute approximate surface area is 85.1 Å². The lowest BCUT2D eigenvalue weighted by atomic mass is 9.86. The Morgan fingerprint density at radius 1 is 1.29 bits per heavy atom. The van der Waals surface area contributed by atoms with Crippen LogP contribution in [0.4, 0.5) is 4.39 Å². The van der Waals surface area contributed by atoms with Gasteiger partial charge >= 0.3 is 0 Å². The molecule has 0 aliphatic heterocycles. The van der Waals surface area contributed by atoms with E-state index in [0.717, 1.165) is 5.56 Å². The second-order valence-corrected chi connectivity index (χ2v) is 4.06. The van der Waals surface area contributed by atoms with Crippen molar-refractivity contribution < 1.29 is 4.39 Å². The SMILES string of the molecule is CC(C)C(F)(CN)Cc1ccccc1. The van der Waals surface area contributed by atoms with E-state index in [0.29, 0.717) is 6.42 Å². The summed E-state index contributed by atoms with van der Waals surface area (Å²) < 4.78 is 14.2. The van der Waals surface area contributed by atoms with E-state index in [1.807, 2.05) is 44.2 Å². The van der Waals surface area contributed by atoms with Crippen LogP contribution < -0.4 is 5.73 Å². The standard InChI is InChI=1S/C12H18FN/c1-10(2)12(13,9-14)8-11-6-4-3-5-7-11/h3-7,10H,8-9,14H2,1-2H3. The van der Waals surface area contributed by atoms with E-state index in [1.165, 1.54) is 0 Å². The monoisotopic (exact) mass is 195 g/mol. The first kappa shape index (κ1) is 11.2. The van der Waals surface area contributed by atoms with Crippen molar-refractivity contribution in [3.8, 4) is 0 Å². The van der Waals surface area contributed by atoms with Gasteiger partial charge in [-0.2, -0.15) is 0 Å². The first-order chi connectivity index (χ1) is 6.58. The smallest absolute Gasteiger partial charge is 0.129 e. The molecule has 0 saturated heterocycles. The van der Waals surface area contributed by atoms with Crippen LogP contribution in [0.2, 0.25) is 0 Å². The van der Waals surface area contributed by atoms with Crippen molar-refractivity contribution in [3.63, 3.8) is 0 Å². The molecule has 0 aliphatic carbocycles. The fourth-order valence-corrected chi connectivity index (χ4v) is 1.45. The minimum atomic E-state index is -1.28. The molecular formula is C12H18FN. The van der Waals surface area contributed by atoms with Crippen LogP contribution in [-0.4, -0.2) is 12.2 Å². The summed E-state index contributed by atoms with van der Waals surface area (Å²) in [5.41, 5.74) is 5.21. The lowest BCUT2D eigenvalue weighted by Crippen LogP contribution is -2.40. The first-order valence-corrected chi connectivity index (χ1v) is 5.01. The van der Waals surface area contributed by atoms with Gasteiger partial charge in [0, 0.05) is 13.0 Å². The molecule has 0 saturated carbocycles. The minimum absolute atomic E-state index is 0.0484. The van der Waals surface area contributed by atoms with Gasteiger partial charge in [-0.25, -0.2) is 4.39 Å². The van der Waals surface area contributed by atoms with Crippen molar-refractivity contribution in [2.24, 2.45) is 11.7 Å². The topological polar surface area (TPSA) is 26.0 Å². The largest absolute Gasteiger partial charge is 0.328 e. The molecule has 0 bridgehead atoms. The van der Waals surface area contributed by atoms with Gasteiger partial charge in [0.05, 0.1) is 0 Å². The van der Waals surface area contributed by atoms with Crippen molar-refractivity contribution in [2.45, 2.75) is 25.9 Å². The van der Waals surface area contributed by atoms with E-state index in [2.05, 4.69) is 0 Å². The van der Waals surface area contributed by atoms with Gasteiger partial charge in [-0.3, -0.25) is 0 Å². The maximum atomic E-state index is 14.2. The summed E-state index contributed by atoms with van der Waals surface area (Å²) in [6.45, 7) is 3.82. The summed E-state index contributed by atoms with van der Waals surface area (Å²) in [7, 11) is 0. The quantitative estimate of drug-likeness (QED) is 0.785. The highest BCUT2D eigenvalue weighted by molar-refractivity contribution is 5.17. The average molecular weight is 195 g/mol. The number of hydrogen-bond donors (Lipinski definition) is 1. The number of hydrogen-bond acceptors (Lipinski definition) is 1. The third kappa shape index (κ3) is 2.55. The number of benzene rings is 1. The zero-order valence-electron chi connectivity index (χ0n) is 8.83. The molecule has 2 heteroatoms. The van der Waals surface area contributed by atoms with Gasteiger partial charge in [-0.15, -0.1) is 0 Å². The molecule has 1 aromatic carbocycles. The van der Waals surface area contributed by atoms with Crippen LogP contribution >= 0.6 is 0 Å². The molecule has 1 unspecified atom stereocenters. The summed E-state index contributed by atoms with van der Waals surface area (Å²) in [6, 6.07) is 9.65. The van der Waals surface area contributed by atoms with Gasteiger partial charge in [0.25, 0.3) is 0 Å². The van der Waals surface area contributed by atoms with Crippen molar-refractivity contribution in [1.82, 2.24) is 0 Å². The van der Waals surface area contributed by atoms with E-state index in [1.54, 1.807) is 0 Å². The Hall–Kier alpha value is -0.890. The molecule has 1 rings (SSSR count). The van der Waals surface area contributed by atoms with Crippen molar-refractivity contribution in [1.29, 1.82) is 0 Å². The molecule has 0 spiro atoms. The average Bonchev–Trinajstić information content (AvgIpc) is 2.19. The predicted molar refractivity (Wildman–Crippen MR) is 57.9 cm³/mol. The summed E-state index contributed by atoms with van der Waals surface area (Å²) in [5.74, 6) is -0.0484. The zero-order valence-corrected chi connectivity index (χ0v) is 8.83. The molecule has 0 fully saturated rings. The molecular weight excluding hydrogens is 177 g/mol. The van der Waals surface area contributed by atoms with Crippen LogP contribution in [0, 0.1) is 5.92 Å². The van der Waals surface area contributed by atoms with E-state index in [9.17, 15) is 4.39 Å². The van der Waals surface area contributed by atoms with Crippen molar-refractivity contribution in [3.05, 3.63) is 35.9 Å². The highest BCUT2D eigenvalue weighted by atomic mass is 19.1. The predicted octanol–water partition coefficient (Wildman–Crippen LogP) is 2.55. The summed E-state index contributed by atoms with van der Waals surface area (Å²) in [4.78, 5) is 0. The van der Waals surface area contributed by atoms with Gasteiger partial charge in [0.2, 0.25) is 0 Å². The second kappa shape index (κ2) is 4.56. The molecule has 0 aromatic heterocycles. The molecule has 0 aliphatic rings. The summed E-state index contributed by atoms with van der Waals surface area (Å²) >= 11 is 0. The first-order valence-electron chi connectivity index (χ1n) is 5.01. The molecule has 0 amide bonds. The zero-order chi connectivity index (χ0) is 10.6. The van der Waals surface area contributed by atoms with Crippen LogP contribution in [0.5, 0.6) is 0 Å². The molecule has 1 nitrogen and oxygen atoms in total. The summed E-state index contributed by atoms with van der Waals surface area (Å²) in [5, 5.41) is 0. The van der Waals surface area contributed by atoms with Gasteiger partial charge in [0.15, 0.2) is 0 Å². The molecule has 1 aromatic rings. The molecule has 78 valence electrons. The van der Waals surface area contributed by atoms with Crippen LogP contribution in [0.15, 0.2) is 30.3 Å². The number of nitrogens with two attached hydrogens (primary N) is 1. The summed E-state index contributed by atoms with van der Waals surface area (Å²) in [6.07, 6.45) is 0.405. The van der Waals surface area contributed by atoms with Crippen molar-refractivity contribution >= 4 is 0 Å². The van der Waals surface area contributed by atoms with Crippen LogP contribution in [0.3, 0.4) is 0 Å². The highest BCUT2D eigenvalue weighted by Gasteiger charge is 2.31. The maximum absolute atomic E-state index is 14.2. The van der Waals surface area contributed by atoms with E-state index in [-0.39, 0.29) is 12.5 Å². The van der Waals surface area contributed by atoms with Gasteiger partial charge in [0.1, 0.15) is 5.67 Å². The Morgan fingerprint density at radius 3 is 2.29 bits per heavy atom. The molecule has 2 N–H and O–H groups in total. The van der Waals surface area contributed by atoms with E-state index in [4.69, 9.17) is 5.73 Å². The Morgan fingerprint density at radius 2 is 1.86 bits per heavy atom. The lowest BCUT2D eigenvalue weighted by molar-refractivity contribution is 0.110. The molecule has 1 atom stereocenters.